The van der Waals surface area contributed by atoms with Crippen molar-refractivity contribution >= 4 is 23.3 Å². The molecular formula is C20H17ClN4O3. The van der Waals surface area contributed by atoms with Gasteiger partial charge in [-0.25, -0.2) is 0 Å². The van der Waals surface area contributed by atoms with Gasteiger partial charge in [0, 0.05) is 18.1 Å². The molecule has 4 rings (SSSR count). The molecule has 3 aromatic rings. The van der Waals surface area contributed by atoms with E-state index >= 15 is 0 Å². The number of carbonyl (C=O) groups is 1. The summed E-state index contributed by atoms with van der Waals surface area (Å²) in [6.07, 6.45) is 0. The van der Waals surface area contributed by atoms with Gasteiger partial charge in [-0.15, -0.1) is 10.2 Å². The molecule has 2 aromatic carbocycles. The van der Waals surface area contributed by atoms with Crippen LogP contribution in [0.4, 0.5) is 5.82 Å². The SMILES string of the molecule is O=C(NCc1ccc2c(c1)OCO2)c1ccc(NCc2ccc(Cl)cc2)nn1. The van der Waals surface area contributed by atoms with E-state index in [2.05, 4.69) is 20.8 Å². The van der Waals surface area contributed by atoms with Gasteiger partial charge in [0.05, 0.1) is 0 Å². The number of nitrogens with one attached hydrogen (secondary N) is 2. The van der Waals surface area contributed by atoms with Crippen molar-refractivity contribution in [2.75, 3.05) is 12.1 Å². The van der Waals surface area contributed by atoms with Crippen LogP contribution in [0.15, 0.2) is 54.6 Å². The van der Waals surface area contributed by atoms with Crippen LogP contribution < -0.4 is 20.1 Å². The summed E-state index contributed by atoms with van der Waals surface area (Å²) >= 11 is 5.87. The molecule has 0 atom stereocenters. The average molecular weight is 397 g/mol. The molecule has 8 heteroatoms. The first-order valence-corrected chi connectivity index (χ1v) is 9.04. The molecule has 0 saturated carbocycles. The summed E-state index contributed by atoms with van der Waals surface area (Å²) in [7, 11) is 0. The van der Waals surface area contributed by atoms with Crippen molar-refractivity contribution in [3.8, 4) is 11.5 Å². The van der Waals surface area contributed by atoms with E-state index in [1.54, 1.807) is 12.1 Å². The Balaban J connectivity index is 1.30. The van der Waals surface area contributed by atoms with Gasteiger partial charge in [0.25, 0.3) is 5.91 Å². The number of nitrogens with zero attached hydrogens (tertiary/aromatic N) is 2. The molecule has 1 aliphatic rings. The zero-order valence-electron chi connectivity index (χ0n) is 14.8. The largest absolute Gasteiger partial charge is 0.454 e. The van der Waals surface area contributed by atoms with E-state index in [-0.39, 0.29) is 18.4 Å². The lowest BCUT2D eigenvalue weighted by atomic mass is 10.2. The second-order valence-corrected chi connectivity index (χ2v) is 6.59. The monoisotopic (exact) mass is 396 g/mol. The average Bonchev–Trinajstić information content (AvgIpc) is 3.20. The maximum atomic E-state index is 12.3. The smallest absolute Gasteiger partial charge is 0.272 e. The summed E-state index contributed by atoms with van der Waals surface area (Å²) in [5.74, 6) is 1.68. The van der Waals surface area contributed by atoms with Crippen LogP contribution in [0.2, 0.25) is 5.02 Å². The van der Waals surface area contributed by atoms with Crippen LogP contribution in [-0.2, 0) is 13.1 Å². The van der Waals surface area contributed by atoms with Crippen molar-refractivity contribution in [3.63, 3.8) is 0 Å². The highest BCUT2D eigenvalue weighted by Gasteiger charge is 2.14. The van der Waals surface area contributed by atoms with Gasteiger partial charge in [0.2, 0.25) is 6.79 Å². The maximum absolute atomic E-state index is 12.3. The molecule has 0 aliphatic carbocycles. The number of halogens is 1. The number of carbonyl (C=O) groups excluding carboxylic acids is 1. The summed E-state index contributed by atoms with van der Waals surface area (Å²) in [5, 5.41) is 14.7. The van der Waals surface area contributed by atoms with Gasteiger partial charge in [-0.3, -0.25) is 4.79 Å². The quantitative estimate of drug-likeness (QED) is 0.664. The molecule has 2 N–H and O–H groups in total. The van der Waals surface area contributed by atoms with Crippen LogP contribution in [0.1, 0.15) is 21.6 Å². The van der Waals surface area contributed by atoms with Crippen LogP contribution in [0, 0.1) is 0 Å². The highest BCUT2D eigenvalue weighted by atomic mass is 35.5. The Morgan fingerprint density at radius 2 is 1.71 bits per heavy atom. The number of ether oxygens (including phenoxy) is 2. The fourth-order valence-corrected chi connectivity index (χ4v) is 2.79. The Morgan fingerprint density at radius 3 is 2.50 bits per heavy atom. The van der Waals surface area contributed by atoms with Crippen LogP contribution in [-0.4, -0.2) is 22.9 Å². The van der Waals surface area contributed by atoms with Crippen molar-refractivity contribution in [1.82, 2.24) is 15.5 Å². The minimum atomic E-state index is -0.297. The Hall–Kier alpha value is -3.32. The normalized spacial score (nSPS) is 11.9. The summed E-state index contributed by atoms with van der Waals surface area (Å²) in [5.41, 5.74) is 2.22. The molecule has 1 amide bonds. The Morgan fingerprint density at radius 1 is 0.929 bits per heavy atom. The van der Waals surface area contributed by atoms with Crippen LogP contribution in [0.25, 0.3) is 0 Å². The first kappa shape index (κ1) is 18.1. The van der Waals surface area contributed by atoms with Gasteiger partial charge in [-0.2, -0.15) is 0 Å². The van der Waals surface area contributed by atoms with Crippen molar-refractivity contribution in [2.24, 2.45) is 0 Å². The van der Waals surface area contributed by atoms with E-state index in [0.717, 1.165) is 11.1 Å². The fourth-order valence-electron chi connectivity index (χ4n) is 2.67. The molecule has 2 heterocycles. The minimum Gasteiger partial charge on any atom is -0.454 e. The molecule has 7 nitrogen and oxygen atoms in total. The molecule has 1 aliphatic heterocycles. The molecular weight excluding hydrogens is 380 g/mol. The second kappa shape index (κ2) is 8.14. The van der Waals surface area contributed by atoms with E-state index in [1.807, 2.05) is 42.5 Å². The number of aromatic nitrogens is 2. The van der Waals surface area contributed by atoms with Gasteiger partial charge in [-0.05, 0) is 47.5 Å². The van der Waals surface area contributed by atoms with E-state index in [0.29, 0.717) is 35.4 Å². The van der Waals surface area contributed by atoms with Crippen LogP contribution in [0.3, 0.4) is 0 Å². The molecule has 0 spiro atoms. The third-order valence-electron chi connectivity index (χ3n) is 4.17. The molecule has 1 aromatic heterocycles. The lowest BCUT2D eigenvalue weighted by molar-refractivity contribution is 0.0945. The highest BCUT2D eigenvalue weighted by Crippen LogP contribution is 2.32. The van der Waals surface area contributed by atoms with E-state index in [1.165, 1.54) is 0 Å². The van der Waals surface area contributed by atoms with E-state index in [4.69, 9.17) is 21.1 Å². The van der Waals surface area contributed by atoms with Gasteiger partial charge < -0.3 is 20.1 Å². The summed E-state index contributed by atoms with van der Waals surface area (Å²) < 4.78 is 10.6. The Bertz CT molecular complexity index is 978. The third-order valence-corrected chi connectivity index (χ3v) is 4.43. The van der Waals surface area contributed by atoms with Gasteiger partial charge in [0.1, 0.15) is 5.82 Å². The topological polar surface area (TPSA) is 85.4 Å². The number of anilines is 1. The van der Waals surface area contributed by atoms with Gasteiger partial charge in [0.15, 0.2) is 17.2 Å². The predicted molar refractivity (Wildman–Crippen MR) is 105 cm³/mol. The van der Waals surface area contributed by atoms with Crippen LogP contribution >= 0.6 is 11.6 Å². The Kier molecular flexibility index (Phi) is 5.25. The number of fused-ring (bicyclic) bond motifs is 1. The lowest BCUT2D eigenvalue weighted by Gasteiger charge is -2.07. The Labute approximate surface area is 166 Å². The van der Waals surface area contributed by atoms with Crippen LogP contribution in [0.5, 0.6) is 11.5 Å². The second-order valence-electron chi connectivity index (χ2n) is 6.15. The fraction of sp³-hybridized carbons (Fsp3) is 0.150. The van der Waals surface area contributed by atoms with Gasteiger partial charge >= 0.3 is 0 Å². The van der Waals surface area contributed by atoms with Crippen molar-refractivity contribution < 1.29 is 14.3 Å². The standard InChI is InChI=1S/C20H17ClN4O3/c21-15-4-1-13(2-5-15)10-22-19-8-6-16(24-25-19)20(26)23-11-14-3-7-17-18(9-14)28-12-27-17/h1-9H,10-12H2,(H,22,25)(H,23,26). The summed E-state index contributed by atoms with van der Waals surface area (Å²) in [6, 6.07) is 16.4. The zero-order chi connectivity index (χ0) is 19.3. The lowest BCUT2D eigenvalue weighted by Crippen LogP contribution is -2.24. The maximum Gasteiger partial charge on any atom is 0.272 e. The van der Waals surface area contributed by atoms with Crippen molar-refractivity contribution in [1.29, 1.82) is 0 Å². The van der Waals surface area contributed by atoms with E-state index < -0.39 is 0 Å². The predicted octanol–water partition coefficient (Wildman–Crippen LogP) is 3.40. The first-order valence-electron chi connectivity index (χ1n) is 8.66. The highest BCUT2D eigenvalue weighted by molar-refractivity contribution is 6.30. The number of rotatable bonds is 6. The zero-order valence-corrected chi connectivity index (χ0v) is 15.6. The third kappa shape index (κ3) is 4.32. The number of benzene rings is 2. The first-order chi connectivity index (χ1) is 13.7. The summed E-state index contributed by atoms with van der Waals surface area (Å²) in [4.78, 5) is 12.3. The summed E-state index contributed by atoms with van der Waals surface area (Å²) in [6.45, 7) is 1.16. The van der Waals surface area contributed by atoms with E-state index in [9.17, 15) is 4.79 Å². The molecule has 0 bridgehead atoms. The number of hydrogen-bond acceptors (Lipinski definition) is 6. The van der Waals surface area contributed by atoms with Crippen molar-refractivity contribution in [3.05, 3.63) is 76.4 Å². The molecule has 0 saturated heterocycles. The number of hydrogen-bond donors (Lipinski definition) is 2. The number of amides is 1. The molecule has 142 valence electrons. The molecule has 0 fully saturated rings. The van der Waals surface area contributed by atoms with Gasteiger partial charge in [-0.1, -0.05) is 29.8 Å². The van der Waals surface area contributed by atoms with Crippen molar-refractivity contribution in [2.45, 2.75) is 13.1 Å². The molecule has 0 radical (unpaired) electrons. The molecule has 0 unspecified atom stereocenters. The minimum absolute atomic E-state index is 0.221. The molecule has 28 heavy (non-hydrogen) atoms.